The van der Waals surface area contributed by atoms with Gasteiger partial charge in [-0.3, -0.25) is 4.79 Å². The summed E-state index contributed by atoms with van der Waals surface area (Å²) < 4.78 is 23.6. The molecule has 3 heterocycles. The molecular formula is C41H43BrN4O5. The molecule has 264 valence electrons. The van der Waals surface area contributed by atoms with Gasteiger partial charge in [0.05, 0.1) is 38.1 Å². The van der Waals surface area contributed by atoms with Crippen LogP contribution in [0.15, 0.2) is 69.7 Å². The highest BCUT2D eigenvalue weighted by molar-refractivity contribution is 9.10. The molecule has 5 aromatic rings. The lowest BCUT2D eigenvalue weighted by Gasteiger charge is -2.38. The molecule has 7 rings (SSSR count). The van der Waals surface area contributed by atoms with E-state index >= 15 is 0 Å². The fraction of sp³-hybridized carbons (Fsp3) is 0.366. The first kappa shape index (κ1) is 34.7. The van der Waals surface area contributed by atoms with Crippen molar-refractivity contribution in [2.45, 2.75) is 52.4 Å². The SMILES string of the molecule is COc1cc(/C=C2/CC(C(C)(C)C)Cc3c2nc2ccccc2c3C(=O)N2CCC(c3nc(-c4ccccc4Br)no3)CC2)cc(OC)c1OC. The number of rotatable bonds is 7. The third-order valence-electron chi connectivity index (χ3n) is 10.4. The lowest BCUT2D eigenvalue weighted by atomic mass is 9.68. The Labute approximate surface area is 307 Å². The summed E-state index contributed by atoms with van der Waals surface area (Å²) in [4.78, 5) is 26.8. The van der Waals surface area contributed by atoms with Gasteiger partial charge in [-0.05, 0) is 90.1 Å². The van der Waals surface area contributed by atoms with Crippen LogP contribution in [0.25, 0.3) is 33.9 Å². The van der Waals surface area contributed by atoms with E-state index in [1.165, 1.54) is 0 Å². The summed E-state index contributed by atoms with van der Waals surface area (Å²) in [6.45, 7) is 8.02. The van der Waals surface area contributed by atoms with E-state index in [9.17, 15) is 4.79 Å². The average molecular weight is 752 g/mol. The van der Waals surface area contributed by atoms with Crippen LogP contribution in [0.4, 0.5) is 0 Å². The Kier molecular flexibility index (Phi) is 9.63. The number of carbonyl (C=O) groups excluding carboxylic acids is 1. The van der Waals surface area contributed by atoms with Gasteiger partial charge in [0.2, 0.25) is 17.5 Å². The van der Waals surface area contributed by atoms with Gasteiger partial charge in [0, 0.05) is 34.4 Å². The second kappa shape index (κ2) is 14.1. The molecule has 1 fully saturated rings. The summed E-state index contributed by atoms with van der Waals surface area (Å²) >= 11 is 3.59. The zero-order valence-electron chi connectivity index (χ0n) is 30.0. The largest absolute Gasteiger partial charge is 0.493 e. The second-order valence-electron chi connectivity index (χ2n) is 14.4. The minimum absolute atomic E-state index is 0.00531. The third-order valence-corrected chi connectivity index (χ3v) is 11.1. The van der Waals surface area contributed by atoms with Gasteiger partial charge in [0.1, 0.15) is 0 Å². The number of likely N-dealkylation sites (tertiary alicyclic amines) is 1. The standard InChI is InChI=1S/C41H43BrN4O5/c1-41(2,3)27-22-26(19-24-20-33(48-4)37(50-6)34(21-24)49-5)36-30(23-27)35(29-12-8-10-14-32(29)43-36)40(47)46-17-15-25(16-18-46)39-44-38(45-51-39)28-11-7-9-13-31(28)42/h7-14,19-21,25,27H,15-18,22-23H2,1-6H3/b26-19-. The second-order valence-corrected chi connectivity index (χ2v) is 15.3. The zero-order valence-corrected chi connectivity index (χ0v) is 31.5. The fourth-order valence-corrected chi connectivity index (χ4v) is 7.87. The number of benzene rings is 3. The number of pyridine rings is 1. The van der Waals surface area contributed by atoms with Crippen LogP contribution in [0.3, 0.4) is 0 Å². The van der Waals surface area contributed by atoms with Crippen molar-refractivity contribution < 1.29 is 23.5 Å². The van der Waals surface area contributed by atoms with E-state index in [-0.39, 0.29) is 23.2 Å². The Balaban J connectivity index is 1.25. The molecule has 1 aliphatic heterocycles. The number of hydrogen-bond acceptors (Lipinski definition) is 8. The number of hydrogen-bond donors (Lipinski definition) is 0. The van der Waals surface area contributed by atoms with Crippen LogP contribution in [0.2, 0.25) is 0 Å². The van der Waals surface area contributed by atoms with Gasteiger partial charge in [0.15, 0.2) is 11.5 Å². The highest BCUT2D eigenvalue weighted by Crippen LogP contribution is 2.46. The number of allylic oxidation sites excluding steroid dienone is 1. The van der Waals surface area contributed by atoms with Crippen LogP contribution in [0, 0.1) is 11.3 Å². The Morgan fingerprint density at radius 2 is 1.61 bits per heavy atom. The molecule has 51 heavy (non-hydrogen) atoms. The Morgan fingerprint density at radius 3 is 2.27 bits per heavy atom. The highest BCUT2D eigenvalue weighted by atomic mass is 79.9. The summed E-state index contributed by atoms with van der Waals surface area (Å²) in [6, 6.07) is 19.8. The number of nitrogens with zero attached hydrogens (tertiary/aromatic N) is 4. The number of carbonyl (C=O) groups is 1. The molecule has 1 unspecified atom stereocenters. The van der Waals surface area contributed by atoms with E-state index in [0.29, 0.717) is 42.1 Å². The maximum absolute atomic E-state index is 14.8. The van der Waals surface area contributed by atoms with Crippen molar-refractivity contribution in [1.82, 2.24) is 20.0 Å². The molecule has 2 aliphatic rings. The Morgan fingerprint density at radius 1 is 0.922 bits per heavy atom. The Bertz CT molecular complexity index is 2100. The fourth-order valence-electron chi connectivity index (χ4n) is 7.41. The number of amides is 1. The average Bonchev–Trinajstić information content (AvgIpc) is 3.63. The first-order valence-corrected chi connectivity index (χ1v) is 18.2. The zero-order chi connectivity index (χ0) is 35.9. The van der Waals surface area contributed by atoms with Gasteiger partial charge < -0.3 is 23.6 Å². The normalized spacial score (nSPS) is 17.4. The molecule has 0 radical (unpaired) electrons. The Hall–Kier alpha value is -4.70. The molecule has 10 heteroatoms. The first-order valence-electron chi connectivity index (χ1n) is 17.4. The summed E-state index contributed by atoms with van der Waals surface area (Å²) in [5.74, 6) is 3.32. The lowest BCUT2D eigenvalue weighted by molar-refractivity contribution is 0.0704. The summed E-state index contributed by atoms with van der Waals surface area (Å²) in [7, 11) is 4.85. The minimum atomic E-state index is -0.00531. The minimum Gasteiger partial charge on any atom is -0.493 e. The maximum atomic E-state index is 14.8. The maximum Gasteiger partial charge on any atom is 0.254 e. The molecule has 3 aromatic carbocycles. The number of methoxy groups -OCH3 is 3. The number of fused-ring (bicyclic) bond motifs is 2. The monoisotopic (exact) mass is 750 g/mol. The van der Waals surface area contributed by atoms with E-state index in [0.717, 1.165) is 74.6 Å². The molecule has 0 N–H and O–H groups in total. The summed E-state index contributed by atoms with van der Waals surface area (Å²) in [6.07, 6.45) is 5.23. The van der Waals surface area contributed by atoms with Gasteiger partial charge in [-0.25, -0.2) is 4.98 Å². The molecule has 1 saturated heterocycles. The van der Waals surface area contributed by atoms with Crippen molar-refractivity contribution in [3.05, 3.63) is 93.4 Å². The van der Waals surface area contributed by atoms with Crippen molar-refractivity contribution in [2.24, 2.45) is 11.3 Å². The number of aromatic nitrogens is 3. The number of halogens is 1. The van der Waals surface area contributed by atoms with Crippen LogP contribution in [-0.4, -0.2) is 60.4 Å². The number of piperidine rings is 1. The smallest absolute Gasteiger partial charge is 0.254 e. The molecule has 9 nitrogen and oxygen atoms in total. The van der Waals surface area contributed by atoms with Crippen molar-refractivity contribution in [2.75, 3.05) is 34.4 Å². The molecule has 1 aliphatic carbocycles. The summed E-state index contributed by atoms with van der Waals surface area (Å²) in [5.41, 5.74) is 6.34. The van der Waals surface area contributed by atoms with Crippen LogP contribution in [-0.2, 0) is 6.42 Å². The van der Waals surface area contributed by atoms with E-state index in [2.05, 4.69) is 47.9 Å². The first-order chi connectivity index (χ1) is 24.6. The van der Waals surface area contributed by atoms with Crippen LogP contribution >= 0.6 is 15.9 Å². The quantitative estimate of drug-likeness (QED) is 0.162. The van der Waals surface area contributed by atoms with Crippen LogP contribution in [0.1, 0.15) is 79.0 Å². The van der Waals surface area contributed by atoms with E-state index < -0.39 is 0 Å². The number of ether oxygens (including phenoxy) is 3. The van der Waals surface area contributed by atoms with Gasteiger partial charge in [-0.1, -0.05) is 72.2 Å². The molecule has 0 saturated carbocycles. The van der Waals surface area contributed by atoms with Crippen molar-refractivity contribution in [1.29, 1.82) is 0 Å². The van der Waals surface area contributed by atoms with E-state index in [4.69, 9.17) is 28.7 Å². The van der Waals surface area contributed by atoms with Gasteiger partial charge in [-0.15, -0.1) is 0 Å². The molecule has 2 aromatic heterocycles. The lowest BCUT2D eigenvalue weighted by Crippen LogP contribution is -2.39. The van der Waals surface area contributed by atoms with Crippen molar-refractivity contribution in [3.8, 4) is 28.6 Å². The van der Waals surface area contributed by atoms with Crippen molar-refractivity contribution >= 4 is 44.4 Å². The van der Waals surface area contributed by atoms with Gasteiger partial charge in [-0.2, -0.15) is 4.98 Å². The number of para-hydroxylation sites is 1. The third kappa shape index (κ3) is 6.73. The molecule has 1 amide bonds. The van der Waals surface area contributed by atoms with Crippen LogP contribution in [0.5, 0.6) is 17.2 Å². The van der Waals surface area contributed by atoms with E-state index in [1.807, 2.05) is 65.6 Å². The van der Waals surface area contributed by atoms with E-state index in [1.54, 1.807) is 21.3 Å². The van der Waals surface area contributed by atoms with Gasteiger partial charge >= 0.3 is 0 Å². The van der Waals surface area contributed by atoms with Crippen molar-refractivity contribution in [3.63, 3.8) is 0 Å². The highest BCUT2D eigenvalue weighted by Gasteiger charge is 2.37. The molecule has 1 atom stereocenters. The molecule has 0 spiro atoms. The topological polar surface area (TPSA) is 99.8 Å². The predicted molar refractivity (Wildman–Crippen MR) is 202 cm³/mol. The predicted octanol–water partition coefficient (Wildman–Crippen LogP) is 9.24. The van der Waals surface area contributed by atoms with Gasteiger partial charge in [0.25, 0.3) is 5.91 Å². The molecular weight excluding hydrogens is 708 g/mol. The van der Waals surface area contributed by atoms with Crippen LogP contribution < -0.4 is 14.2 Å². The summed E-state index contributed by atoms with van der Waals surface area (Å²) in [5, 5.41) is 5.16. The molecule has 0 bridgehead atoms.